The Labute approximate surface area is 154 Å². The summed E-state index contributed by atoms with van der Waals surface area (Å²) in [5.74, 6) is 0.794. The van der Waals surface area contributed by atoms with E-state index in [0.717, 1.165) is 18.4 Å². The molecule has 3 rings (SSSR count). The van der Waals surface area contributed by atoms with E-state index in [4.69, 9.17) is 4.74 Å². The number of nitrogens with zero attached hydrogens (tertiary/aromatic N) is 3. The Kier molecular flexibility index (Phi) is 5.67. The number of hydrogen-bond acceptors (Lipinski definition) is 6. The zero-order valence-electron chi connectivity index (χ0n) is 14.8. The average molecular weight is 378 g/mol. The molecule has 140 valence electrons. The number of aryl methyl sites for hydroxylation is 2. The molecule has 1 aliphatic heterocycles. The molecule has 0 amide bonds. The normalized spacial score (nSPS) is 16.4. The molecule has 26 heavy (non-hydrogen) atoms. The fraction of sp³-hybridized carbons (Fsp3) is 0.471. The van der Waals surface area contributed by atoms with Gasteiger partial charge < -0.3 is 10.1 Å². The molecule has 1 N–H and O–H groups in total. The molecule has 1 unspecified atom stereocenters. The Bertz CT molecular complexity index is 830. The predicted octanol–water partition coefficient (Wildman–Crippen LogP) is 2.81. The van der Waals surface area contributed by atoms with Gasteiger partial charge in [0.25, 0.3) is 0 Å². The van der Waals surface area contributed by atoms with Gasteiger partial charge in [0.05, 0.1) is 4.92 Å². The summed E-state index contributed by atoms with van der Waals surface area (Å²) in [5, 5.41) is 18.7. The highest BCUT2D eigenvalue weighted by Gasteiger charge is 2.24. The van der Waals surface area contributed by atoms with Crippen LogP contribution in [0.25, 0.3) is 0 Å². The molecule has 9 heteroatoms. The van der Waals surface area contributed by atoms with Crippen LogP contribution in [0.2, 0.25) is 0 Å². The molecule has 1 saturated heterocycles. The van der Waals surface area contributed by atoms with Crippen LogP contribution in [-0.2, 0) is 28.3 Å². The summed E-state index contributed by atoms with van der Waals surface area (Å²) in [6, 6.07) is 7.48. The van der Waals surface area contributed by atoms with Gasteiger partial charge in [0.15, 0.2) is 0 Å². The molecule has 1 aromatic heterocycles. The SMILES string of the molecule is Cc1nn(C)c(Nc2cccc(CS(=O)C3CCOCC3)c2)c1[N+](=O)[O-]. The number of nitrogens with one attached hydrogen (secondary N) is 1. The molecule has 2 aromatic rings. The first-order valence-corrected chi connectivity index (χ1v) is 9.83. The summed E-state index contributed by atoms with van der Waals surface area (Å²) in [5.41, 5.74) is 1.96. The van der Waals surface area contributed by atoms with Crippen LogP contribution in [-0.4, -0.2) is 37.4 Å². The smallest absolute Gasteiger partial charge is 0.334 e. The third-order valence-electron chi connectivity index (χ3n) is 4.41. The number of ether oxygens (including phenoxy) is 1. The average Bonchev–Trinajstić information content (AvgIpc) is 2.89. The van der Waals surface area contributed by atoms with E-state index >= 15 is 0 Å². The lowest BCUT2D eigenvalue weighted by atomic mass is 10.2. The first-order chi connectivity index (χ1) is 12.5. The van der Waals surface area contributed by atoms with Crippen LogP contribution in [0, 0.1) is 17.0 Å². The maximum absolute atomic E-state index is 12.6. The standard InChI is InChI=1S/C17H22N4O4S/c1-12-16(21(22)23)17(20(2)19-12)18-14-5-3-4-13(10-14)11-26(24)15-6-8-25-9-7-15/h3-5,10,15,18H,6-9,11H2,1-2H3. The van der Waals surface area contributed by atoms with Crippen LogP contribution < -0.4 is 5.32 Å². The second-order valence-electron chi connectivity index (χ2n) is 6.33. The Hall–Kier alpha value is -2.26. The fourth-order valence-corrected chi connectivity index (χ4v) is 4.56. The van der Waals surface area contributed by atoms with Crippen molar-refractivity contribution in [2.75, 3.05) is 18.5 Å². The minimum Gasteiger partial charge on any atom is -0.381 e. The minimum absolute atomic E-state index is 0.0383. The summed E-state index contributed by atoms with van der Waals surface area (Å²) >= 11 is 0. The van der Waals surface area contributed by atoms with Crippen molar-refractivity contribution in [3.63, 3.8) is 0 Å². The van der Waals surface area contributed by atoms with Gasteiger partial charge in [0, 0.05) is 47.8 Å². The zero-order chi connectivity index (χ0) is 18.7. The summed E-state index contributed by atoms with van der Waals surface area (Å²) in [4.78, 5) is 10.9. The Morgan fingerprint density at radius 1 is 1.42 bits per heavy atom. The van der Waals surface area contributed by atoms with Gasteiger partial charge in [-0.25, -0.2) is 4.68 Å². The van der Waals surface area contributed by atoms with Crippen molar-refractivity contribution in [2.45, 2.75) is 30.8 Å². The molecule has 0 radical (unpaired) electrons. The van der Waals surface area contributed by atoms with Gasteiger partial charge in [-0.15, -0.1) is 0 Å². The van der Waals surface area contributed by atoms with E-state index in [1.807, 2.05) is 24.3 Å². The third kappa shape index (κ3) is 4.10. The van der Waals surface area contributed by atoms with Gasteiger partial charge in [0.1, 0.15) is 5.69 Å². The van der Waals surface area contributed by atoms with Crippen molar-refractivity contribution in [3.05, 3.63) is 45.6 Å². The van der Waals surface area contributed by atoms with Crippen LogP contribution in [0.1, 0.15) is 24.1 Å². The van der Waals surface area contributed by atoms with E-state index < -0.39 is 15.7 Å². The van der Waals surface area contributed by atoms with Crippen LogP contribution in [0.4, 0.5) is 17.2 Å². The lowest BCUT2D eigenvalue weighted by molar-refractivity contribution is -0.384. The number of benzene rings is 1. The maximum atomic E-state index is 12.6. The molecule has 8 nitrogen and oxygen atoms in total. The highest BCUT2D eigenvalue weighted by Crippen LogP contribution is 2.30. The number of anilines is 2. The molecular formula is C17H22N4O4S. The predicted molar refractivity (Wildman–Crippen MR) is 100 cm³/mol. The summed E-state index contributed by atoms with van der Waals surface area (Å²) in [6.45, 7) is 2.94. The second kappa shape index (κ2) is 7.96. The van der Waals surface area contributed by atoms with Crippen LogP contribution >= 0.6 is 0 Å². The van der Waals surface area contributed by atoms with Crippen molar-refractivity contribution in [2.24, 2.45) is 7.05 Å². The number of hydrogen-bond donors (Lipinski definition) is 1. The van der Waals surface area contributed by atoms with Gasteiger partial charge in [-0.1, -0.05) is 12.1 Å². The van der Waals surface area contributed by atoms with Gasteiger partial charge in [-0.2, -0.15) is 5.10 Å². The van der Waals surface area contributed by atoms with E-state index in [0.29, 0.717) is 36.2 Å². The monoisotopic (exact) mass is 378 g/mol. The lowest BCUT2D eigenvalue weighted by Crippen LogP contribution is -2.25. The number of nitro groups is 1. The first kappa shape index (κ1) is 18.5. The molecule has 1 aliphatic rings. The molecule has 1 fully saturated rings. The van der Waals surface area contributed by atoms with Crippen LogP contribution in [0.5, 0.6) is 0 Å². The molecule has 0 spiro atoms. The summed E-state index contributed by atoms with van der Waals surface area (Å²) in [7, 11) is 0.701. The molecule has 0 aliphatic carbocycles. The Balaban J connectivity index is 1.76. The van der Waals surface area contributed by atoms with Crippen molar-refractivity contribution in [1.29, 1.82) is 0 Å². The number of aromatic nitrogens is 2. The maximum Gasteiger partial charge on any atom is 0.334 e. The molecule has 2 heterocycles. The molecule has 1 aromatic carbocycles. The largest absolute Gasteiger partial charge is 0.381 e. The highest BCUT2D eigenvalue weighted by molar-refractivity contribution is 7.84. The zero-order valence-corrected chi connectivity index (χ0v) is 15.6. The van der Waals surface area contributed by atoms with E-state index in [-0.39, 0.29) is 10.9 Å². The van der Waals surface area contributed by atoms with Crippen molar-refractivity contribution in [3.8, 4) is 0 Å². The van der Waals surface area contributed by atoms with Gasteiger partial charge in [-0.3, -0.25) is 14.3 Å². The topological polar surface area (TPSA) is 99.3 Å². The van der Waals surface area contributed by atoms with Crippen molar-refractivity contribution < 1.29 is 13.9 Å². The van der Waals surface area contributed by atoms with E-state index in [1.54, 1.807) is 14.0 Å². The van der Waals surface area contributed by atoms with Crippen LogP contribution in [0.3, 0.4) is 0 Å². The minimum atomic E-state index is -0.958. The molecule has 0 bridgehead atoms. The van der Waals surface area contributed by atoms with Gasteiger partial charge in [0.2, 0.25) is 5.82 Å². The quantitative estimate of drug-likeness (QED) is 0.613. The van der Waals surface area contributed by atoms with Gasteiger partial charge >= 0.3 is 5.69 Å². The fourth-order valence-electron chi connectivity index (χ4n) is 3.10. The Morgan fingerprint density at radius 3 is 2.85 bits per heavy atom. The Morgan fingerprint density at radius 2 is 2.15 bits per heavy atom. The van der Waals surface area contributed by atoms with Crippen molar-refractivity contribution in [1.82, 2.24) is 9.78 Å². The first-order valence-electron chi connectivity index (χ1n) is 8.44. The molecule has 0 saturated carbocycles. The highest BCUT2D eigenvalue weighted by atomic mass is 32.2. The van der Waals surface area contributed by atoms with Crippen molar-refractivity contribution >= 4 is 28.0 Å². The van der Waals surface area contributed by atoms with E-state index in [1.165, 1.54) is 4.68 Å². The summed E-state index contributed by atoms with van der Waals surface area (Å²) in [6.07, 6.45) is 1.65. The van der Waals surface area contributed by atoms with E-state index in [2.05, 4.69) is 10.4 Å². The molecular weight excluding hydrogens is 356 g/mol. The molecule has 1 atom stereocenters. The lowest BCUT2D eigenvalue weighted by Gasteiger charge is -2.21. The summed E-state index contributed by atoms with van der Waals surface area (Å²) < 4.78 is 19.3. The number of rotatable bonds is 6. The van der Waals surface area contributed by atoms with E-state index in [9.17, 15) is 14.3 Å². The van der Waals surface area contributed by atoms with Gasteiger partial charge in [-0.05, 0) is 37.5 Å². The second-order valence-corrected chi connectivity index (χ2v) is 8.04. The third-order valence-corrected chi connectivity index (χ3v) is 6.24. The van der Waals surface area contributed by atoms with Crippen LogP contribution in [0.15, 0.2) is 24.3 Å².